The average Bonchev–Trinajstić information content (AvgIpc) is 2.52. The third-order valence-electron chi connectivity index (χ3n) is 1.54. The lowest BCUT2D eigenvalue weighted by Crippen LogP contribution is -1.96. The Labute approximate surface area is 77.3 Å². The standard InChI is InChI=1S/C7H6BrN3O/c1-12-7-5(8)2-3-6-9-4-10-11(6)7/h2-4H,1H3. The molecule has 0 spiro atoms. The van der Waals surface area contributed by atoms with Crippen molar-refractivity contribution in [3.8, 4) is 5.88 Å². The Kier molecular flexibility index (Phi) is 1.73. The lowest BCUT2D eigenvalue weighted by atomic mass is 10.5. The molecule has 0 aliphatic carbocycles. The SMILES string of the molecule is COc1c(Br)ccc2ncnn12. The zero-order valence-electron chi connectivity index (χ0n) is 6.36. The fraction of sp³-hybridized carbons (Fsp3) is 0.143. The molecule has 0 aliphatic heterocycles. The van der Waals surface area contributed by atoms with E-state index in [1.54, 1.807) is 11.6 Å². The minimum atomic E-state index is 0.657. The number of fused-ring (bicyclic) bond motifs is 1. The molecule has 0 unspecified atom stereocenters. The van der Waals surface area contributed by atoms with Gasteiger partial charge < -0.3 is 4.74 Å². The number of ether oxygens (including phenoxy) is 1. The van der Waals surface area contributed by atoms with Crippen LogP contribution >= 0.6 is 15.9 Å². The molecule has 0 atom stereocenters. The fourth-order valence-electron chi connectivity index (χ4n) is 1.02. The molecule has 2 rings (SSSR count). The summed E-state index contributed by atoms with van der Waals surface area (Å²) in [6.07, 6.45) is 1.49. The highest BCUT2D eigenvalue weighted by Gasteiger charge is 2.05. The van der Waals surface area contributed by atoms with Crippen molar-refractivity contribution in [2.24, 2.45) is 0 Å². The van der Waals surface area contributed by atoms with Crippen molar-refractivity contribution < 1.29 is 4.74 Å². The van der Waals surface area contributed by atoms with Crippen molar-refractivity contribution in [1.82, 2.24) is 14.6 Å². The largest absolute Gasteiger partial charge is 0.480 e. The summed E-state index contributed by atoms with van der Waals surface area (Å²) in [4.78, 5) is 4.02. The minimum absolute atomic E-state index is 0.657. The highest BCUT2D eigenvalue weighted by Crippen LogP contribution is 2.23. The molecule has 62 valence electrons. The second-order valence-electron chi connectivity index (χ2n) is 2.22. The Morgan fingerprint density at radius 1 is 1.50 bits per heavy atom. The quantitative estimate of drug-likeness (QED) is 0.742. The average molecular weight is 228 g/mol. The number of halogens is 1. The molecule has 0 saturated carbocycles. The first-order valence-corrected chi connectivity index (χ1v) is 4.14. The monoisotopic (exact) mass is 227 g/mol. The number of rotatable bonds is 1. The molecule has 2 aromatic rings. The van der Waals surface area contributed by atoms with E-state index in [9.17, 15) is 0 Å². The van der Waals surface area contributed by atoms with Crippen LogP contribution in [0.2, 0.25) is 0 Å². The molecule has 2 heterocycles. The van der Waals surface area contributed by atoms with Gasteiger partial charge in [-0.3, -0.25) is 0 Å². The normalized spacial score (nSPS) is 10.5. The zero-order chi connectivity index (χ0) is 8.55. The summed E-state index contributed by atoms with van der Waals surface area (Å²) in [6.45, 7) is 0. The molecule has 0 fully saturated rings. The maximum absolute atomic E-state index is 5.13. The number of hydrogen-bond donors (Lipinski definition) is 0. The van der Waals surface area contributed by atoms with E-state index in [-0.39, 0.29) is 0 Å². The molecule has 0 saturated heterocycles. The zero-order valence-corrected chi connectivity index (χ0v) is 7.95. The van der Waals surface area contributed by atoms with Gasteiger partial charge in [-0.1, -0.05) is 0 Å². The molecule has 0 bridgehead atoms. The number of aromatic nitrogens is 3. The van der Waals surface area contributed by atoms with E-state index in [1.165, 1.54) is 6.33 Å². The molecule has 0 radical (unpaired) electrons. The van der Waals surface area contributed by atoms with Crippen LogP contribution in [0.15, 0.2) is 22.9 Å². The second-order valence-corrected chi connectivity index (χ2v) is 3.07. The van der Waals surface area contributed by atoms with Crippen LogP contribution in [0.3, 0.4) is 0 Å². The van der Waals surface area contributed by atoms with E-state index in [1.807, 2.05) is 12.1 Å². The molecule has 0 N–H and O–H groups in total. The van der Waals surface area contributed by atoms with Gasteiger partial charge in [-0.15, -0.1) is 0 Å². The van der Waals surface area contributed by atoms with Gasteiger partial charge in [-0.2, -0.15) is 9.61 Å². The predicted octanol–water partition coefficient (Wildman–Crippen LogP) is 1.50. The first kappa shape index (κ1) is 7.54. The van der Waals surface area contributed by atoms with Crippen LogP contribution in [-0.4, -0.2) is 21.7 Å². The summed E-state index contributed by atoms with van der Waals surface area (Å²) in [5.74, 6) is 0.657. The lowest BCUT2D eigenvalue weighted by molar-refractivity contribution is 0.383. The van der Waals surface area contributed by atoms with E-state index in [2.05, 4.69) is 26.0 Å². The van der Waals surface area contributed by atoms with Gasteiger partial charge in [-0.05, 0) is 28.1 Å². The van der Waals surface area contributed by atoms with Crippen molar-refractivity contribution in [2.75, 3.05) is 7.11 Å². The van der Waals surface area contributed by atoms with E-state index in [4.69, 9.17) is 4.74 Å². The first-order valence-electron chi connectivity index (χ1n) is 3.35. The Bertz CT molecular complexity index is 412. The maximum Gasteiger partial charge on any atom is 0.230 e. The van der Waals surface area contributed by atoms with Crippen LogP contribution < -0.4 is 4.74 Å². The molecule has 0 aromatic carbocycles. The van der Waals surface area contributed by atoms with Crippen LogP contribution in [0.25, 0.3) is 5.65 Å². The number of pyridine rings is 1. The first-order chi connectivity index (χ1) is 5.83. The summed E-state index contributed by atoms with van der Waals surface area (Å²) >= 11 is 3.35. The van der Waals surface area contributed by atoms with Crippen molar-refractivity contribution in [3.63, 3.8) is 0 Å². The summed E-state index contributed by atoms with van der Waals surface area (Å²) in [5.41, 5.74) is 0.773. The molecule has 4 nitrogen and oxygen atoms in total. The highest BCUT2D eigenvalue weighted by atomic mass is 79.9. The molecule has 0 aliphatic rings. The van der Waals surface area contributed by atoms with E-state index >= 15 is 0 Å². The van der Waals surface area contributed by atoms with E-state index in [0.29, 0.717) is 5.88 Å². The predicted molar refractivity (Wildman–Crippen MR) is 47.2 cm³/mol. The molecule has 5 heteroatoms. The van der Waals surface area contributed by atoms with Gasteiger partial charge in [0, 0.05) is 0 Å². The molecular formula is C7H6BrN3O. The summed E-state index contributed by atoms with van der Waals surface area (Å²) in [6, 6.07) is 3.74. The van der Waals surface area contributed by atoms with Crippen molar-refractivity contribution >= 4 is 21.6 Å². The third kappa shape index (κ3) is 0.972. The van der Waals surface area contributed by atoms with Gasteiger partial charge in [0.1, 0.15) is 6.33 Å². The number of methoxy groups -OCH3 is 1. The highest BCUT2D eigenvalue weighted by molar-refractivity contribution is 9.10. The molecule has 2 aromatic heterocycles. The van der Waals surface area contributed by atoms with Crippen molar-refractivity contribution in [1.29, 1.82) is 0 Å². The number of nitrogens with zero attached hydrogens (tertiary/aromatic N) is 3. The van der Waals surface area contributed by atoms with Crippen molar-refractivity contribution in [3.05, 3.63) is 22.9 Å². The van der Waals surface area contributed by atoms with E-state index < -0.39 is 0 Å². The van der Waals surface area contributed by atoms with Crippen LogP contribution in [0.1, 0.15) is 0 Å². The Balaban J connectivity index is 2.83. The van der Waals surface area contributed by atoms with Gasteiger partial charge in [0.2, 0.25) is 5.88 Å². The van der Waals surface area contributed by atoms with Gasteiger partial charge in [-0.25, -0.2) is 4.98 Å². The van der Waals surface area contributed by atoms with Crippen LogP contribution in [0, 0.1) is 0 Å². The molecule has 12 heavy (non-hydrogen) atoms. The van der Waals surface area contributed by atoms with Gasteiger partial charge >= 0.3 is 0 Å². The second kappa shape index (κ2) is 2.75. The third-order valence-corrected chi connectivity index (χ3v) is 2.15. The summed E-state index contributed by atoms with van der Waals surface area (Å²) in [5, 5.41) is 4.00. The summed E-state index contributed by atoms with van der Waals surface area (Å²) in [7, 11) is 1.60. The minimum Gasteiger partial charge on any atom is -0.480 e. The Hall–Kier alpha value is -1.10. The van der Waals surface area contributed by atoms with Crippen LogP contribution in [-0.2, 0) is 0 Å². The van der Waals surface area contributed by atoms with Gasteiger partial charge in [0.15, 0.2) is 5.65 Å². The molecular weight excluding hydrogens is 222 g/mol. The van der Waals surface area contributed by atoms with Gasteiger partial charge in [0.25, 0.3) is 0 Å². The fourth-order valence-corrected chi connectivity index (χ4v) is 1.49. The smallest absolute Gasteiger partial charge is 0.230 e. The lowest BCUT2D eigenvalue weighted by Gasteiger charge is -2.03. The summed E-state index contributed by atoms with van der Waals surface area (Å²) < 4.78 is 7.62. The van der Waals surface area contributed by atoms with Crippen LogP contribution in [0.4, 0.5) is 0 Å². The van der Waals surface area contributed by atoms with E-state index in [0.717, 1.165) is 10.1 Å². The number of hydrogen-bond acceptors (Lipinski definition) is 3. The van der Waals surface area contributed by atoms with Gasteiger partial charge in [0.05, 0.1) is 11.6 Å². The van der Waals surface area contributed by atoms with Crippen LogP contribution in [0.5, 0.6) is 5.88 Å². The molecule has 0 amide bonds. The Morgan fingerprint density at radius 3 is 3.08 bits per heavy atom. The Morgan fingerprint density at radius 2 is 2.33 bits per heavy atom. The van der Waals surface area contributed by atoms with Crippen molar-refractivity contribution in [2.45, 2.75) is 0 Å². The maximum atomic E-state index is 5.13. The topological polar surface area (TPSA) is 39.4 Å².